The van der Waals surface area contributed by atoms with Gasteiger partial charge >= 0.3 is 0 Å². The Morgan fingerprint density at radius 2 is 2.28 bits per heavy atom. The van der Waals surface area contributed by atoms with E-state index >= 15 is 0 Å². The summed E-state index contributed by atoms with van der Waals surface area (Å²) in [4.78, 5) is 0. The Bertz CT molecular complexity index is 453. The van der Waals surface area contributed by atoms with Gasteiger partial charge in [0.1, 0.15) is 17.1 Å². The molecule has 1 heterocycles. The third-order valence-electron chi connectivity index (χ3n) is 3.29. The summed E-state index contributed by atoms with van der Waals surface area (Å²) >= 11 is 0. The first-order valence-electron chi connectivity index (χ1n) is 6.16. The topological polar surface area (TPSA) is 27.7 Å². The summed E-state index contributed by atoms with van der Waals surface area (Å²) in [6.07, 6.45) is 3.71. The predicted molar refractivity (Wildman–Crippen MR) is 71.2 cm³/mol. The summed E-state index contributed by atoms with van der Waals surface area (Å²) in [6, 6.07) is 4.08. The molecule has 1 atom stereocenters. The van der Waals surface area contributed by atoms with Gasteiger partial charge in [-0.15, -0.1) is 0 Å². The normalized spacial score (nSPS) is 21.9. The minimum atomic E-state index is -0.278. The molecule has 1 aromatic carbocycles. The molecule has 3 heteroatoms. The van der Waals surface area contributed by atoms with Gasteiger partial charge in [-0.25, -0.2) is 0 Å². The monoisotopic (exact) mass is 248 g/mol. The van der Waals surface area contributed by atoms with Crippen molar-refractivity contribution in [2.45, 2.75) is 32.3 Å². The summed E-state index contributed by atoms with van der Waals surface area (Å²) < 4.78 is 16.6. The molecule has 0 unspecified atom stereocenters. The fourth-order valence-corrected chi connectivity index (χ4v) is 2.16. The molecule has 98 valence electrons. The first kappa shape index (κ1) is 13.0. The quantitative estimate of drug-likeness (QED) is 0.604. The zero-order chi connectivity index (χ0) is 13.2. The molecule has 0 bridgehead atoms. The van der Waals surface area contributed by atoms with Gasteiger partial charge in [-0.2, -0.15) is 0 Å². The molecule has 0 saturated heterocycles. The first-order valence-corrected chi connectivity index (χ1v) is 6.16. The van der Waals surface area contributed by atoms with Crippen LogP contribution in [0.4, 0.5) is 0 Å². The van der Waals surface area contributed by atoms with E-state index in [0.29, 0.717) is 0 Å². The first-order chi connectivity index (χ1) is 8.58. The van der Waals surface area contributed by atoms with E-state index < -0.39 is 0 Å². The van der Waals surface area contributed by atoms with Crippen molar-refractivity contribution in [1.29, 1.82) is 0 Å². The van der Waals surface area contributed by atoms with Crippen LogP contribution < -0.4 is 9.47 Å². The molecule has 0 amide bonds. The predicted octanol–water partition coefficient (Wildman–Crippen LogP) is 3.25. The number of methoxy groups -OCH3 is 1. The van der Waals surface area contributed by atoms with Gasteiger partial charge in [-0.05, 0) is 50.5 Å². The average molecular weight is 248 g/mol. The molecule has 1 aromatic rings. The molecule has 0 fully saturated rings. The van der Waals surface area contributed by atoms with E-state index in [0.717, 1.165) is 35.5 Å². The molecule has 0 radical (unpaired) electrons. The Morgan fingerprint density at radius 3 is 2.94 bits per heavy atom. The summed E-state index contributed by atoms with van der Waals surface area (Å²) in [6.45, 7) is 8.19. The van der Waals surface area contributed by atoms with Crippen molar-refractivity contribution in [2.75, 3.05) is 13.9 Å². The molecular formula is C15H20O3. The number of hydrogen-bond donors (Lipinski definition) is 0. The summed E-state index contributed by atoms with van der Waals surface area (Å²) in [5.41, 5.74) is 1.96. The van der Waals surface area contributed by atoms with Crippen molar-refractivity contribution in [3.05, 3.63) is 35.9 Å². The second-order valence-corrected chi connectivity index (χ2v) is 4.91. The Balaban J connectivity index is 2.34. The van der Waals surface area contributed by atoms with Crippen molar-refractivity contribution >= 4 is 0 Å². The van der Waals surface area contributed by atoms with Gasteiger partial charge in [-0.1, -0.05) is 6.58 Å². The maximum absolute atomic E-state index is 6.03. The third-order valence-corrected chi connectivity index (χ3v) is 3.29. The smallest absolute Gasteiger partial charge is 0.188 e. The van der Waals surface area contributed by atoms with Crippen LogP contribution in [-0.2, 0) is 11.2 Å². The number of rotatable bonds is 4. The standard InChI is InChI=1S/C15H20O3/c1-5-15(3)7-6-12-13(17-10-16-4)8-11(2)9-14(12)18-15/h5,8-9H,1,6-7,10H2,2-4H3/t15-/m0/s1. The van der Waals surface area contributed by atoms with Gasteiger partial charge in [0.15, 0.2) is 6.79 Å². The summed E-state index contributed by atoms with van der Waals surface area (Å²) in [7, 11) is 1.62. The summed E-state index contributed by atoms with van der Waals surface area (Å²) in [5.74, 6) is 1.76. The van der Waals surface area contributed by atoms with Crippen molar-refractivity contribution in [3.63, 3.8) is 0 Å². The molecule has 0 aliphatic carbocycles. The van der Waals surface area contributed by atoms with Gasteiger partial charge in [0, 0.05) is 12.7 Å². The lowest BCUT2D eigenvalue weighted by Gasteiger charge is -2.34. The zero-order valence-corrected chi connectivity index (χ0v) is 11.3. The maximum atomic E-state index is 6.03. The number of benzene rings is 1. The van der Waals surface area contributed by atoms with Crippen LogP contribution in [0.2, 0.25) is 0 Å². The molecule has 0 aromatic heterocycles. The molecule has 1 aliphatic heterocycles. The van der Waals surface area contributed by atoms with Gasteiger partial charge in [0.2, 0.25) is 0 Å². The highest BCUT2D eigenvalue weighted by Crippen LogP contribution is 2.39. The van der Waals surface area contributed by atoms with E-state index in [1.165, 1.54) is 0 Å². The van der Waals surface area contributed by atoms with Crippen LogP contribution in [0.25, 0.3) is 0 Å². The van der Waals surface area contributed by atoms with Gasteiger partial charge < -0.3 is 14.2 Å². The van der Waals surface area contributed by atoms with Crippen LogP contribution in [-0.4, -0.2) is 19.5 Å². The SMILES string of the molecule is C=C[C@@]1(C)CCc2c(OCOC)cc(C)cc2O1. The van der Waals surface area contributed by atoms with Crippen molar-refractivity contribution in [1.82, 2.24) is 0 Å². The Morgan fingerprint density at radius 1 is 1.50 bits per heavy atom. The molecule has 3 nitrogen and oxygen atoms in total. The van der Waals surface area contributed by atoms with Crippen LogP contribution >= 0.6 is 0 Å². The van der Waals surface area contributed by atoms with E-state index in [9.17, 15) is 0 Å². The van der Waals surface area contributed by atoms with Gasteiger partial charge in [-0.3, -0.25) is 0 Å². The molecule has 1 aliphatic rings. The largest absolute Gasteiger partial charge is 0.483 e. The lowest BCUT2D eigenvalue weighted by atomic mass is 9.91. The highest BCUT2D eigenvalue weighted by atomic mass is 16.7. The maximum Gasteiger partial charge on any atom is 0.188 e. The number of ether oxygens (including phenoxy) is 3. The van der Waals surface area contributed by atoms with E-state index in [2.05, 4.69) is 19.6 Å². The highest BCUT2D eigenvalue weighted by Gasteiger charge is 2.30. The molecule has 0 saturated carbocycles. The van der Waals surface area contributed by atoms with Crippen molar-refractivity contribution in [2.24, 2.45) is 0 Å². The average Bonchev–Trinajstić information content (AvgIpc) is 2.35. The van der Waals surface area contributed by atoms with Crippen LogP contribution in [0.3, 0.4) is 0 Å². The lowest BCUT2D eigenvalue weighted by molar-refractivity contribution is 0.0482. The molecule has 18 heavy (non-hydrogen) atoms. The minimum absolute atomic E-state index is 0.259. The highest BCUT2D eigenvalue weighted by molar-refractivity contribution is 5.49. The molecule has 0 spiro atoms. The number of aryl methyl sites for hydroxylation is 1. The van der Waals surface area contributed by atoms with Crippen LogP contribution in [0.5, 0.6) is 11.5 Å². The van der Waals surface area contributed by atoms with E-state index in [-0.39, 0.29) is 12.4 Å². The second-order valence-electron chi connectivity index (χ2n) is 4.91. The Hall–Kier alpha value is -1.48. The van der Waals surface area contributed by atoms with Crippen molar-refractivity contribution in [3.8, 4) is 11.5 Å². The second kappa shape index (κ2) is 5.02. The van der Waals surface area contributed by atoms with E-state index in [4.69, 9.17) is 14.2 Å². The third kappa shape index (κ3) is 2.51. The molecule has 2 rings (SSSR count). The van der Waals surface area contributed by atoms with Crippen LogP contribution in [0, 0.1) is 6.92 Å². The van der Waals surface area contributed by atoms with Gasteiger partial charge in [0.25, 0.3) is 0 Å². The molecule has 0 N–H and O–H groups in total. The van der Waals surface area contributed by atoms with E-state index in [1.54, 1.807) is 7.11 Å². The fourth-order valence-electron chi connectivity index (χ4n) is 2.16. The summed E-state index contributed by atoms with van der Waals surface area (Å²) in [5, 5.41) is 0. The zero-order valence-electron chi connectivity index (χ0n) is 11.3. The fraction of sp³-hybridized carbons (Fsp3) is 0.467. The minimum Gasteiger partial charge on any atom is -0.483 e. The van der Waals surface area contributed by atoms with Gasteiger partial charge in [0.05, 0.1) is 0 Å². The number of fused-ring (bicyclic) bond motifs is 1. The number of hydrogen-bond acceptors (Lipinski definition) is 3. The van der Waals surface area contributed by atoms with Crippen LogP contribution in [0.1, 0.15) is 24.5 Å². The van der Waals surface area contributed by atoms with E-state index in [1.807, 2.05) is 19.1 Å². The molecular weight excluding hydrogens is 228 g/mol. The Kier molecular flexibility index (Phi) is 3.62. The van der Waals surface area contributed by atoms with Crippen molar-refractivity contribution < 1.29 is 14.2 Å². The Labute approximate surface area is 108 Å². The lowest BCUT2D eigenvalue weighted by Crippen LogP contribution is -2.34. The van der Waals surface area contributed by atoms with Crippen LogP contribution in [0.15, 0.2) is 24.8 Å².